The van der Waals surface area contributed by atoms with Crippen molar-refractivity contribution < 1.29 is 22.7 Å². The summed E-state index contributed by atoms with van der Waals surface area (Å²) in [4.78, 5) is 16.2. The van der Waals surface area contributed by atoms with E-state index in [-0.39, 0.29) is 29.0 Å². The molecule has 4 atom stereocenters. The van der Waals surface area contributed by atoms with Gasteiger partial charge in [-0.15, -0.1) is 13.2 Å². The van der Waals surface area contributed by atoms with Crippen molar-refractivity contribution in [2.45, 2.75) is 69.8 Å². The first-order valence-electron chi connectivity index (χ1n) is 13.8. The van der Waals surface area contributed by atoms with Gasteiger partial charge in [-0.3, -0.25) is 9.69 Å². The fourth-order valence-electron chi connectivity index (χ4n) is 7.52. The summed E-state index contributed by atoms with van der Waals surface area (Å²) in [6, 6.07) is 15.0. The first-order valence-corrected chi connectivity index (χ1v) is 13.8. The number of ether oxygens (including phenoxy) is 1. The van der Waals surface area contributed by atoms with Crippen LogP contribution in [0, 0.1) is 17.3 Å². The van der Waals surface area contributed by atoms with E-state index in [0.29, 0.717) is 23.4 Å². The topological polar surface area (TPSA) is 41.6 Å². The summed E-state index contributed by atoms with van der Waals surface area (Å²) in [5.41, 5.74) is 3.13. The Morgan fingerprint density at radius 2 is 1.92 bits per heavy atom. The standard InChI is InChI=1S/C31H35F3N2O2/c1-21-20-36(16-15-29(21)13-11-23-6-2-3-8-27(23)29)25-12-14-30(18-25,24-9-10-24)28(37)35-19-22-5-4-7-26(17-22)38-31(32,33)34/h2-8,11,13,17,21,24-25H,9-10,12,14-16,18-20H2,1H3,(H,35,37)/t21-,25?,29-,30?/m0/s1. The smallest absolute Gasteiger partial charge is 0.406 e. The molecule has 3 fully saturated rings. The zero-order chi connectivity index (χ0) is 26.5. The largest absolute Gasteiger partial charge is 0.573 e. The number of carbonyl (C=O) groups is 1. The van der Waals surface area contributed by atoms with Crippen LogP contribution < -0.4 is 10.1 Å². The molecule has 202 valence electrons. The van der Waals surface area contributed by atoms with E-state index in [1.807, 2.05) is 0 Å². The lowest BCUT2D eigenvalue weighted by atomic mass is 9.67. The highest BCUT2D eigenvalue weighted by Gasteiger charge is 2.56. The van der Waals surface area contributed by atoms with Crippen LogP contribution in [0.25, 0.3) is 6.08 Å². The summed E-state index contributed by atoms with van der Waals surface area (Å²) in [7, 11) is 0. The fourth-order valence-corrected chi connectivity index (χ4v) is 7.52. The van der Waals surface area contributed by atoms with E-state index < -0.39 is 6.36 Å². The second kappa shape index (κ2) is 9.44. The summed E-state index contributed by atoms with van der Waals surface area (Å²) in [6.07, 6.45) is 5.99. The van der Waals surface area contributed by atoms with E-state index in [2.05, 4.69) is 58.3 Å². The molecule has 2 aromatic rings. The highest BCUT2D eigenvalue weighted by atomic mass is 19.4. The van der Waals surface area contributed by atoms with E-state index in [0.717, 1.165) is 51.6 Å². The maximum atomic E-state index is 13.6. The van der Waals surface area contributed by atoms with E-state index in [1.54, 1.807) is 6.07 Å². The van der Waals surface area contributed by atoms with Crippen LogP contribution in [-0.2, 0) is 16.8 Å². The number of piperidine rings is 1. The molecular weight excluding hydrogens is 489 g/mol. The van der Waals surface area contributed by atoms with E-state index in [1.165, 1.54) is 29.3 Å². The molecule has 1 aliphatic heterocycles. The van der Waals surface area contributed by atoms with Crippen LogP contribution in [0.5, 0.6) is 5.75 Å². The number of nitrogens with zero attached hydrogens (tertiary/aromatic N) is 1. The van der Waals surface area contributed by atoms with Crippen LogP contribution in [0.15, 0.2) is 54.6 Å². The molecule has 38 heavy (non-hydrogen) atoms. The molecule has 4 aliphatic rings. The summed E-state index contributed by atoms with van der Waals surface area (Å²) >= 11 is 0. The first-order chi connectivity index (χ1) is 18.2. The van der Waals surface area contributed by atoms with Gasteiger partial charge in [0.05, 0.1) is 5.41 Å². The van der Waals surface area contributed by atoms with Gasteiger partial charge in [-0.05, 0) is 85.7 Å². The summed E-state index contributed by atoms with van der Waals surface area (Å²) < 4.78 is 41.9. The van der Waals surface area contributed by atoms with Crippen molar-refractivity contribution in [3.8, 4) is 5.75 Å². The summed E-state index contributed by atoms with van der Waals surface area (Å²) in [5.74, 6) is 0.690. The number of hydrogen-bond donors (Lipinski definition) is 1. The van der Waals surface area contributed by atoms with Gasteiger partial charge in [0.25, 0.3) is 0 Å². The van der Waals surface area contributed by atoms with Crippen LogP contribution in [0.1, 0.15) is 62.1 Å². The van der Waals surface area contributed by atoms with Crippen molar-refractivity contribution in [1.29, 1.82) is 0 Å². The van der Waals surface area contributed by atoms with E-state index >= 15 is 0 Å². The van der Waals surface area contributed by atoms with Gasteiger partial charge in [0.15, 0.2) is 0 Å². The maximum absolute atomic E-state index is 13.6. The minimum atomic E-state index is -4.74. The highest BCUT2D eigenvalue weighted by molar-refractivity contribution is 5.84. The number of nitrogens with one attached hydrogen (secondary N) is 1. The van der Waals surface area contributed by atoms with Crippen molar-refractivity contribution in [2.24, 2.45) is 17.3 Å². The number of halogens is 3. The minimum absolute atomic E-state index is 0.0545. The molecular formula is C31H35F3N2O2. The van der Waals surface area contributed by atoms with Gasteiger partial charge >= 0.3 is 6.36 Å². The Bertz CT molecular complexity index is 1240. The normalized spacial score (nSPS) is 30.9. The monoisotopic (exact) mass is 524 g/mol. The molecule has 1 N–H and O–H groups in total. The lowest BCUT2D eigenvalue weighted by Gasteiger charge is -2.46. The number of amides is 1. The SMILES string of the molecule is C[C@H]1CN(C2CCC(C(=O)NCc3cccc(OC(F)(F)F)c3)(C3CC3)C2)CC[C@@]12C=Cc1ccccc12. The quantitative estimate of drug-likeness (QED) is 0.472. The molecule has 0 aromatic heterocycles. The van der Waals surface area contributed by atoms with Gasteiger partial charge in [-0.25, -0.2) is 0 Å². The van der Waals surface area contributed by atoms with Crippen molar-refractivity contribution in [2.75, 3.05) is 13.1 Å². The van der Waals surface area contributed by atoms with Gasteiger partial charge in [-0.1, -0.05) is 55.5 Å². The summed E-state index contributed by atoms with van der Waals surface area (Å²) in [6.45, 7) is 4.62. The first kappa shape index (κ1) is 25.5. The zero-order valence-corrected chi connectivity index (χ0v) is 21.8. The molecule has 1 spiro atoms. The molecule has 1 saturated heterocycles. The molecule has 1 amide bonds. The van der Waals surface area contributed by atoms with E-state index in [4.69, 9.17) is 0 Å². The van der Waals surface area contributed by atoms with Gasteiger partial charge in [-0.2, -0.15) is 0 Å². The number of rotatable bonds is 6. The van der Waals surface area contributed by atoms with Gasteiger partial charge in [0, 0.05) is 24.5 Å². The second-order valence-corrected chi connectivity index (χ2v) is 11.8. The fraction of sp³-hybridized carbons (Fsp3) is 0.516. The molecule has 2 unspecified atom stereocenters. The van der Waals surface area contributed by atoms with E-state index in [9.17, 15) is 18.0 Å². The third-order valence-electron chi connectivity index (χ3n) is 9.66. The third-order valence-corrected chi connectivity index (χ3v) is 9.66. The number of benzene rings is 2. The molecule has 2 aromatic carbocycles. The molecule has 2 saturated carbocycles. The summed E-state index contributed by atoms with van der Waals surface area (Å²) in [5, 5.41) is 3.07. The highest BCUT2D eigenvalue weighted by Crippen LogP contribution is 2.57. The van der Waals surface area contributed by atoms with Crippen molar-refractivity contribution in [3.05, 3.63) is 71.3 Å². The van der Waals surface area contributed by atoms with Crippen LogP contribution in [0.3, 0.4) is 0 Å². The predicted octanol–water partition coefficient (Wildman–Crippen LogP) is 6.46. The lowest BCUT2D eigenvalue weighted by molar-refractivity contribution is -0.274. The number of likely N-dealkylation sites (tertiary alicyclic amines) is 1. The van der Waals surface area contributed by atoms with Gasteiger partial charge in [0.2, 0.25) is 5.91 Å². The van der Waals surface area contributed by atoms with Gasteiger partial charge in [0.1, 0.15) is 5.75 Å². The van der Waals surface area contributed by atoms with Crippen LogP contribution in [-0.4, -0.2) is 36.3 Å². The Labute approximate surface area is 222 Å². The van der Waals surface area contributed by atoms with Crippen molar-refractivity contribution >= 4 is 12.0 Å². The van der Waals surface area contributed by atoms with Crippen molar-refractivity contribution in [3.63, 3.8) is 0 Å². The maximum Gasteiger partial charge on any atom is 0.573 e. The second-order valence-electron chi connectivity index (χ2n) is 11.8. The molecule has 0 bridgehead atoms. The number of hydrogen-bond acceptors (Lipinski definition) is 3. The number of alkyl halides is 3. The number of carbonyl (C=O) groups excluding carboxylic acids is 1. The Kier molecular flexibility index (Phi) is 6.33. The Morgan fingerprint density at radius 1 is 1.11 bits per heavy atom. The Morgan fingerprint density at radius 3 is 2.68 bits per heavy atom. The van der Waals surface area contributed by atoms with Crippen LogP contribution in [0.4, 0.5) is 13.2 Å². The molecule has 0 radical (unpaired) electrons. The van der Waals surface area contributed by atoms with Crippen LogP contribution >= 0.6 is 0 Å². The average molecular weight is 525 g/mol. The molecule has 4 nitrogen and oxygen atoms in total. The zero-order valence-electron chi connectivity index (χ0n) is 21.8. The van der Waals surface area contributed by atoms with Gasteiger partial charge < -0.3 is 10.1 Å². The lowest BCUT2D eigenvalue weighted by Crippen LogP contribution is -2.51. The molecule has 3 aliphatic carbocycles. The van der Waals surface area contributed by atoms with Crippen LogP contribution in [0.2, 0.25) is 0 Å². The average Bonchev–Trinajstić information content (AvgIpc) is 3.54. The Hall–Kier alpha value is -2.80. The molecule has 7 heteroatoms. The molecule has 6 rings (SSSR count). The predicted molar refractivity (Wildman–Crippen MR) is 140 cm³/mol. The third kappa shape index (κ3) is 4.63. The number of fused-ring (bicyclic) bond motifs is 2. The molecule has 1 heterocycles. The van der Waals surface area contributed by atoms with Crippen molar-refractivity contribution in [1.82, 2.24) is 10.2 Å². The number of allylic oxidation sites excluding steroid dienone is 1. The minimum Gasteiger partial charge on any atom is -0.406 e. The Balaban J connectivity index is 1.10.